The number of ether oxygens (including phenoxy) is 2. The summed E-state index contributed by atoms with van der Waals surface area (Å²) < 4.78 is 10.9. The summed E-state index contributed by atoms with van der Waals surface area (Å²) in [4.78, 5) is 14.0. The molecule has 0 saturated carbocycles. The molecular formula is C16H24N2O3. The Hall–Kier alpha value is -1.75. The van der Waals surface area contributed by atoms with Crippen molar-refractivity contribution < 1.29 is 14.3 Å². The van der Waals surface area contributed by atoms with Crippen molar-refractivity contribution in [1.29, 1.82) is 0 Å². The highest BCUT2D eigenvalue weighted by Gasteiger charge is 2.22. The highest BCUT2D eigenvalue weighted by Crippen LogP contribution is 2.17. The lowest BCUT2D eigenvalue weighted by molar-refractivity contribution is 0.0795. The first kappa shape index (κ1) is 15.6. The summed E-state index contributed by atoms with van der Waals surface area (Å²) in [6, 6.07) is 7.76. The Morgan fingerprint density at radius 2 is 2.38 bits per heavy atom. The van der Waals surface area contributed by atoms with Gasteiger partial charge in [-0.25, -0.2) is 4.79 Å². The molecule has 21 heavy (non-hydrogen) atoms. The molecule has 1 heterocycles. The number of carbonyl (C=O) groups excluding carboxylic acids is 1. The number of methoxy groups -OCH3 is 1. The molecular weight excluding hydrogens is 268 g/mol. The molecule has 1 fully saturated rings. The summed E-state index contributed by atoms with van der Waals surface area (Å²) in [6.45, 7) is 4.53. The fourth-order valence-corrected chi connectivity index (χ4v) is 2.51. The second-order valence-electron chi connectivity index (χ2n) is 5.20. The number of amides is 2. The minimum absolute atomic E-state index is 0.0455. The molecule has 0 spiro atoms. The minimum atomic E-state index is -0.0455. The number of urea groups is 1. The third kappa shape index (κ3) is 4.63. The van der Waals surface area contributed by atoms with E-state index in [0.29, 0.717) is 19.6 Å². The maximum absolute atomic E-state index is 12.2. The van der Waals surface area contributed by atoms with E-state index in [-0.39, 0.29) is 12.1 Å². The van der Waals surface area contributed by atoms with Crippen molar-refractivity contribution in [3.63, 3.8) is 0 Å². The lowest BCUT2D eigenvalue weighted by Gasteiger charge is -2.25. The second-order valence-corrected chi connectivity index (χ2v) is 5.20. The van der Waals surface area contributed by atoms with Crippen molar-refractivity contribution in [3.8, 4) is 5.75 Å². The van der Waals surface area contributed by atoms with Crippen LogP contribution in [0.4, 0.5) is 4.79 Å². The van der Waals surface area contributed by atoms with Crippen LogP contribution < -0.4 is 10.1 Å². The summed E-state index contributed by atoms with van der Waals surface area (Å²) in [6.07, 6.45) is 2.25. The van der Waals surface area contributed by atoms with Crippen LogP contribution in [0.25, 0.3) is 0 Å². The van der Waals surface area contributed by atoms with Gasteiger partial charge in [0.05, 0.1) is 13.2 Å². The maximum Gasteiger partial charge on any atom is 0.317 e. The van der Waals surface area contributed by atoms with Gasteiger partial charge in [-0.1, -0.05) is 12.1 Å². The third-order valence-corrected chi connectivity index (χ3v) is 3.57. The Morgan fingerprint density at radius 1 is 1.52 bits per heavy atom. The van der Waals surface area contributed by atoms with Crippen molar-refractivity contribution in [2.75, 3.05) is 26.8 Å². The van der Waals surface area contributed by atoms with Gasteiger partial charge in [-0.3, -0.25) is 0 Å². The number of hydrogen-bond donors (Lipinski definition) is 1. The molecule has 2 amide bonds. The Bertz CT molecular complexity index is 459. The standard InChI is InChI=1S/C16H24N2O3/c1-3-17-16(19)18(12-15-8-5-9-21-15)11-13-6-4-7-14(10-13)20-2/h4,6-7,10,15H,3,5,8-9,11-12H2,1-2H3,(H,17,19)/t15-/m1/s1. The SMILES string of the molecule is CCNC(=O)N(Cc1cccc(OC)c1)C[C@H]1CCCO1. The molecule has 5 heteroatoms. The van der Waals surface area contributed by atoms with Crippen LogP contribution in [-0.2, 0) is 11.3 Å². The van der Waals surface area contributed by atoms with E-state index in [4.69, 9.17) is 9.47 Å². The van der Waals surface area contributed by atoms with Crippen molar-refractivity contribution in [2.24, 2.45) is 0 Å². The van der Waals surface area contributed by atoms with Crippen LogP contribution in [0.1, 0.15) is 25.3 Å². The molecule has 0 unspecified atom stereocenters. The van der Waals surface area contributed by atoms with Gasteiger partial charge in [0, 0.05) is 26.2 Å². The summed E-state index contributed by atoms with van der Waals surface area (Å²) in [5.41, 5.74) is 1.05. The van der Waals surface area contributed by atoms with Gasteiger partial charge in [0.2, 0.25) is 0 Å². The van der Waals surface area contributed by atoms with E-state index < -0.39 is 0 Å². The molecule has 1 N–H and O–H groups in total. The largest absolute Gasteiger partial charge is 0.497 e. The molecule has 1 aromatic carbocycles. The molecule has 1 aliphatic heterocycles. The highest BCUT2D eigenvalue weighted by molar-refractivity contribution is 5.74. The average Bonchev–Trinajstić information content (AvgIpc) is 3.00. The first-order valence-electron chi connectivity index (χ1n) is 7.50. The number of rotatable bonds is 6. The molecule has 0 aliphatic carbocycles. The van der Waals surface area contributed by atoms with Crippen LogP contribution in [-0.4, -0.2) is 43.8 Å². The molecule has 1 aromatic rings. The van der Waals surface area contributed by atoms with Gasteiger partial charge in [0.1, 0.15) is 5.75 Å². The van der Waals surface area contributed by atoms with Gasteiger partial charge < -0.3 is 19.7 Å². The van der Waals surface area contributed by atoms with Crippen LogP contribution >= 0.6 is 0 Å². The number of hydrogen-bond acceptors (Lipinski definition) is 3. The highest BCUT2D eigenvalue weighted by atomic mass is 16.5. The van der Waals surface area contributed by atoms with E-state index in [9.17, 15) is 4.79 Å². The first-order valence-corrected chi connectivity index (χ1v) is 7.50. The molecule has 5 nitrogen and oxygen atoms in total. The lowest BCUT2D eigenvalue weighted by Crippen LogP contribution is -2.43. The fraction of sp³-hybridized carbons (Fsp3) is 0.562. The minimum Gasteiger partial charge on any atom is -0.497 e. The van der Waals surface area contributed by atoms with Gasteiger partial charge in [-0.15, -0.1) is 0 Å². The summed E-state index contributed by atoms with van der Waals surface area (Å²) in [5.74, 6) is 0.806. The van der Waals surface area contributed by atoms with Crippen LogP contribution in [0.15, 0.2) is 24.3 Å². The van der Waals surface area contributed by atoms with Gasteiger partial charge in [0.25, 0.3) is 0 Å². The summed E-state index contributed by atoms with van der Waals surface area (Å²) in [5, 5.41) is 2.87. The monoisotopic (exact) mass is 292 g/mol. The molecule has 1 atom stereocenters. The Morgan fingerprint density at radius 3 is 3.05 bits per heavy atom. The molecule has 1 aliphatic rings. The molecule has 116 valence electrons. The van der Waals surface area contributed by atoms with Crippen LogP contribution in [0, 0.1) is 0 Å². The third-order valence-electron chi connectivity index (χ3n) is 3.57. The van der Waals surface area contributed by atoms with Gasteiger partial charge in [-0.05, 0) is 37.5 Å². The number of nitrogens with zero attached hydrogens (tertiary/aromatic N) is 1. The molecule has 0 radical (unpaired) electrons. The number of carbonyl (C=O) groups is 1. The quantitative estimate of drug-likeness (QED) is 0.876. The van der Waals surface area contributed by atoms with Crippen molar-refractivity contribution in [1.82, 2.24) is 10.2 Å². The first-order chi connectivity index (χ1) is 10.2. The van der Waals surface area contributed by atoms with Crippen molar-refractivity contribution in [2.45, 2.75) is 32.4 Å². The molecule has 2 rings (SSSR count). The number of benzene rings is 1. The summed E-state index contributed by atoms with van der Waals surface area (Å²) >= 11 is 0. The van der Waals surface area contributed by atoms with Crippen molar-refractivity contribution in [3.05, 3.63) is 29.8 Å². The maximum atomic E-state index is 12.2. The average molecular weight is 292 g/mol. The van der Waals surface area contributed by atoms with E-state index in [2.05, 4.69) is 5.32 Å². The van der Waals surface area contributed by atoms with Crippen LogP contribution in [0.2, 0.25) is 0 Å². The Kier molecular flexibility index (Phi) is 5.87. The molecule has 0 aromatic heterocycles. The smallest absolute Gasteiger partial charge is 0.317 e. The van der Waals surface area contributed by atoms with Crippen molar-refractivity contribution >= 4 is 6.03 Å². The second kappa shape index (κ2) is 7.88. The number of nitrogens with one attached hydrogen (secondary N) is 1. The van der Waals surface area contributed by atoms with Gasteiger partial charge >= 0.3 is 6.03 Å². The zero-order valence-electron chi connectivity index (χ0n) is 12.8. The van der Waals surface area contributed by atoms with E-state index in [1.54, 1.807) is 7.11 Å². The van der Waals surface area contributed by atoms with E-state index in [0.717, 1.165) is 30.8 Å². The predicted octanol–water partition coefficient (Wildman–Crippen LogP) is 2.41. The van der Waals surface area contributed by atoms with E-state index >= 15 is 0 Å². The lowest BCUT2D eigenvalue weighted by atomic mass is 10.2. The molecule has 0 bridgehead atoms. The zero-order chi connectivity index (χ0) is 15.1. The molecule has 1 saturated heterocycles. The Labute approximate surface area is 126 Å². The Balaban J connectivity index is 2.04. The predicted molar refractivity (Wildman–Crippen MR) is 81.5 cm³/mol. The fourth-order valence-electron chi connectivity index (χ4n) is 2.51. The van der Waals surface area contributed by atoms with E-state index in [1.807, 2.05) is 36.1 Å². The van der Waals surface area contributed by atoms with Crippen LogP contribution in [0.3, 0.4) is 0 Å². The normalized spacial score (nSPS) is 17.5. The van der Waals surface area contributed by atoms with Crippen LogP contribution in [0.5, 0.6) is 5.75 Å². The van der Waals surface area contributed by atoms with E-state index in [1.165, 1.54) is 0 Å². The van der Waals surface area contributed by atoms with Gasteiger partial charge in [0.15, 0.2) is 0 Å². The van der Waals surface area contributed by atoms with Gasteiger partial charge in [-0.2, -0.15) is 0 Å². The zero-order valence-corrected chi connectivity index (χ0v) is 12.8. The summed E-state index contributed by atoms with van der Waals surface area (Å²) in [7, 11) is 1.65. The topological polar surface area (TPSA) is 50.8 Å².